The first-order valence-corrected chi connectivity index (χ1v) is 12.6. The van der Waals surface area contributed by atoms with Gasteiger partial charge in [0.25, 0.3) is 0 Å². The molecule has 1 aromatic heterocycles. The van der Waals surface area contributed by atoms with Crippen molar-refractivity contribution in [2.45, 2.75) is 96.8 Å². The molecule has 2 rings (SSSR count). The Kier molecular flexibility index (Phi) is 13.1. The molecule has 1 heterocycles. The Morgan fingerprint density at radius 1 is 0.875 bits per heavy atom. The maximum atomic E-state index is 12.4. The van der Waals surface area contributed by atoms with Gasteiger partial charge >= 0.3 is 5.97 Å². The third-order valence-corrected chi connectivity index (χ3v) is 5.88. The van der Waals surface area contributed by atoms with Crippen LogP contribution in [-0.2, 0) is 11.2 Å². The van der Waals surface area contributed by atoms with Crippen LogP contribution < -0.4 is 4.74 Å². The lowest BCUT2D eigenvalue weighted by molar-refractivity contribution is -0.129. The number of benzene rings is 1. The fourth-order valence-corrected chi connectivity index (χ4v) is 3.93. The Morgan fingerprint density at radius 2 is 1.56 bits per heavy atom. The number of carbonyl (C=O) groups excluding carboxylic acids is 1. The molecule has 0 aliphatic rings. The van der Waals surface area contributed by atoms with Crippen LogP contribution in [0.3, 0.4) is 0 Å². The van der Waals surface area contributed by atoms with Crippen LogP contribution in [0.25, 0.3) is 0 Å². The maximum absolute atomic E-state index is 12.4. The van der Waals surface area contributed by atoms with E-state index in [1.165, 1.54) is 68.9 Å². The van der Waals surface area contributed by atoms with Crippen LogP contribution in [0.15, 0.2) is 60.8 Å². The highest BCUT2D eigenvalue weighted by Gasteiger charge is 2.09. The Labute approximate surface area is 195 Å². The third kappa shape index (κ3) is 10.7. The second-order valence-electron chi connectivity index (χ2n) is 8.67. The number of nitrogens with zero attached hydrogens (tertiary/aromatic N) is 1. The van der Waals surface area contributed by atoms with Gasteiger partial charge in [-0.05, 0) is 30.4 Å². The van der Waals surface area contributed by atoms with E-state index in [-0.39, 0.29) is 11.9 Å². The summed E-state index contributed by atoms with van der Waals surface area (Å²) in [5.41, 5.74) is 2.44. The summed E-state index contributed by atoms with van der Waals surface area (Å²) in [5.74, 6) is 0.231. The van der Waals surface area contributed by atoms with Crippen LogP contribution in [0, 0.1) is 0 Å². The van der Waals surface area contributed by atoms with Crippen LogP contribution in [0.4, 0.5) is 0 Å². The highest BCUT2D eigenvalue weighted by atomic mass is 16.5. The van der Waals surface area contributed by atoms with Crippen molar-refractivity contribution in [2.75, 3.05) is 0 Å². The number of hydrogen-bond donors (Lipinski definition) is 0. The predicted molar refractivity (Wildman–Crippen MR) is 134 cm³/mol. The van der Waals surface area contributed by atoms with Gasteiger partial charge in [-0.3, -0.25) is 0 Å². The largest absolute Gasteiger partial charge is 0.404 e. The number of allylic oxidation sites excluding steroid dienone is 1. The number of hydrogen-bond acceptors (Lipinski definition) is 3. The van der Waals surface area contributed by atoms with Gasteiger partial charge in [-0.25, -0.2) is 9.78 Å². The summed E-state index contributed by atoms with van der Waals surface area (Å²) in [4.78, 5) is 16.7. The summed E-state index contributed by atoms with van der Waals surface area (Å²) < 4.78 is 5.43. The van der Waals surface area contributed by atoms with E-state index in [0.717, 1.165) is 19.3 Å². The Bertz CT molecular complexity index is 768. The molecule has 0 aliphatic carbocycles. The van der Waals surface area contributed by atoms with E-state index in [1.807, 2.05) is 24.4 Å². The van der Waals surface area contributed by atoms with Crippen molar-refractivity contribution >= 4 is 5.97 Å². The zero-order valence-corrected chi connectivity index (χ0v) is 20.1. The lowest BCUT2D eigenvalue weighted by atomic mass is 9.92. The van der Waals surface area contributed by atoms with Crippen LogP contribution in [-0.4, -0.2) is 11.0 Å². The van der Waals surface area contributed by atoms with E-state index in [4.69, 9.17) is 4.74 Å². The number of aryl methyl sites for hydroxylation is 1. The molecular formula is C29H41NO2. The van der Waals surface area contributed by atoms with Gasteiger partial charge in [-0.2, -0.15) is 0 Å². The van der Waals surface area contributed by atoms with E-state index >= 15 is 0 Å². The summed E-state index contributed by atoms with van der Waals surface area (Å²) in [6.07, 6.45) is 20.0. The maximum Gasteiger partial charge on any atom is 0.337 e. The molecule has 0 spiro atoms. The molecule has 0 aliphatic heterocycles. The second-order valence-corrected chi connectivity index (χ2v) is 8.67. The van der Waals surface area contributed by atoms with Crippen LogP contribution in [0.2, 0.25) is 0 Å². The summed E-state index contributed by atoms with van der Waals surface area (Å²) >= 11 is 0. The molecule has 3 nitrogen and oxygen atoms in total. The average Bonchev–Trinajstić information content (AvgIpc) is 2.82. The first-order valence-electron chi connectivity index (χ1n) is 12.6. The minimum Gasteiger partial charge on any atom is -0.404 e. The fraction of sp³-hybridized carbons (Fsp3) is 0.517. The van der Waals surface area contributed by atoms with Gasteiger partial charge in [0.1, 0.15) is 0 Å². The monoisotopic (exact) mass is 435 g/mol. The highest BCUT2D eigenvalue weighted by molar-refractivity contribution is 5.83. The van der Waals surface area contributed by atoms with Gasteiger partial charge in [0.05, 0.1) is 0 Å². The third-order valence-electron chi connectivity index (χ3n) is 5.88. The minimum absolute atomic E-state index is 0.230. The predicted octanol–water partition coefficient (Wildman–Crippen LogP) is 8.20. The van der Waals surface area contributed by atoms with Crippen molar-refractivity contribution in [3.8, 4) is 5.88 Å². The van der Waals surface area contributed by atoms with Crippen molar-refractivity contribution < 1.29 is 9.53 Å². The highest BCUT2D eigenvalue weighted by Crippen LogP contribution is 2.24. The van der Waals surface area contributed by atoms with Crippen molar-refractivity contribution in [2.24, 2.45) is 0 Å². The SMILES string of the molecule is CCCCCCCCc1ccc(OC(=O)C=CC(CCCCCC)c2ccccc2)nc1. The van der Waals surface area contributed by atoms with Gasteiger partial charge in [0.15, 0.2) is 0 Å². The smallest absolute Gasteiger partial charge is 0.337 e. The Morgan fingerprint density at radius 3 is 2.25 bits per heavy atom. The van der Waals surface area contributed by atoms with Crippen molar-refractivity contribution in [3.63, 3.8) is 0 Å². The van der Waals surface area contributed by atoms with Crippen LogP contribution in [0.5, 0.6) is 5.88 Å². The summed E-state index contributed by atoms with van der Waals surface area (Å²) in [6, 6.07) is 14.2. The van der Waals surface area contributed by atoms with E-state index in [9.17, 15) is 4.79 Å². The number of unbranched alkanes of at least 4 members (excludes halogenated alkanes) is 8. The standard InChI is InChI=1S/C29H41NO2/c1-3-5-7-9-10-12-16-25-20-22-28(30-24-25)32-29(31)23-21-27(19-13-8-6-4-2)26-17-14-11-15-18-26/h11,14-15,17-18,20-24,27H,3-10,12-13,16,19H2,1-2H3. The van der Waals surface area contributed by atoms with E-state index < -0.39 is 0 Å². The van der Waals surface area contributed by atoms with E-state index in [0.29, 0.717) is 5.88 Å². The molecule has 0 bridgehead atoms. The van der Waals surface area contributed by atoms with Crippen molar-refractivity contribution in [1.29, 1.82) is 0 Å². The number of rotatable bonds is 16. The molecule has 174 valence electrons. The summed E-state index contributed by atoms with van der Waals surface area (Å²) in [6.45, 7) is 4.46. The summed E-state index contributed by atoms with van der Waals surface area (Å²) in [5, 5.41) is 0. The molecule has 0 saturated heterocycles. The fourth-order valence-electron chi connectivity index (χ4n) is 3.93. The molecule has 3 heteroatoms. The molecule has 0 radical (unpaired) electrons. The lowest BCUT2D eigenvalue weighted by Crippen LogP contribution is -2.06. The topological polar surface area (TPSA) is 39.2 Å². The molecule has 0 amide bonds. The quantitative estimate of drug-likeness (QED) is 0.151. The van der Waals surface area contributed by atoms with Gasteiger partial charge in [0.2, 0.25) is 5.88 Å². The van der Waals surface area contributed by atoms with Gasteiger partial charge in [-0.1, -0.05) is 114 Å². The van der Waals surface area contributed by atoms with E-state index in [2.05, 4.69) is 43.1 Å². The number of aromatic nitrogens is 1. The van der Waals surface area contributed by atoms with Gasteiger partial charge < -0.3 is 4.74 Å². The number of carbonyl (C=O) groups is 1. The number of esters is 1. The molecule has 0 fully saturated rings. The normalized spacial score (nSPS) is 12.2. The first-order chi connectivity index (χ1) is 15.7. The Hall–Kier alpha value is -2.42. The van der Waals surface area contributed by atoms with Crippen molar-refractivity contribution in [1.82, 2.24) is 4.98 Å². The first kappa shape index (κ1) is 25.8. The Balaban J connectivity index is 1.82. The molecule has 2 aromatic rings. The second kappa shape index (κ2) is 16.2. The van der Waals surface area contributed by atoms with Gasteiger partial charge in [-0.15, -0.1) is 0 Å². The molecule has 1 atom stereocenters. The van der Waals surface area contributed by atoms with E-state index in [1.54, 1.807) is 12.1 Å². The van der Waals surface area contributed by atoms with Crippen molar-refractivity contribution in [3.05, 3.63) is 71.9 Å². The molecule has 0 saturated carbocycles. The minimum atomic E-state index is -0.365. The lowest BCUT2D eigenvalue weighted by Gasteiger charge is -2.13. The average molecular weight is 436 g/mol. The van der Waals surface area contributed by atoms with Crippen LogP contribution in [0.1, 0.15) is 102 Å². The van der Waals surface area contributed by atoms with Crippen LogP contribution >= 0.6 is 0 Å². The number of pyridine rings is 1. The molecule has 1 unspecified atom stereocenters. The van der Waals surface area contributed by atoms with Gasteiger partial charge in [0, 0.05) is 24.3 Å². The zero-order chi connectivity index (χ0) is 22.9. The molecule has 1 aromatic carbocycles. The molecule has 0 N–H and O–H groups in total. The zero-order valence-electron chi connectivity index (χ0n) is 20.1. The number of ether oxygens (including phenoxy) is 1. The molecular weight excluding hydrogens is 394 g/mol. The molecule has 32 heavy (non-hydrogen) atoms. The summed E-state index contributed by atoms with van der Waals surface area (Å²) in [7, 11) is 0.